The van der Waals surface area contributed by atoms with Gasteiger partial charge in [-0.25, -0.2) is 9.97 Å². The Morgan fingerprint density at radius 2 is 1.94 bits per heavy atom. The maximum Gasteiger partial charge on any atom is 0.192 e. The Bertz CT molecular complexity index is 584. The number of aryl methyl sites for hydroxylation is 1. The molecule has 0 spiro atoms. The van der Waals surface area contributed by atoms with Gasteiger partial charge in [-0.1, -0.05) is 15.9 Å². The number of hydrogen-bond donors (Lipinski definition) is 0. The van der Waals surface area contributed by atoms with Crippen LogP contribution < -0.4 is 0 Å². The van der Waals surface area contributed by atoms with Crippen molar-refractivity contribution in [1.82, 2.24) is 9.97 Å². The van der Waals surface area contributed by atoms with E-state index in [0.717, 1.165) is 14.9 Å². The van der Waals surface area contributed by atoms with Gasteiger partial charge in [0.2, 0.25) is 0 Å². The highest BCUT2D eigenvalue weighted by Crippen LogP contribution is 2.29. The molecule has 0 unspecified atom stereocenters. The molecule has 0 saturated heterocycles. The molecule has 0 fully saturated rings. The van der Waals surface area contributed by atoms with Crippen LogP contribution in [0.15, 0.2) is 45.1 Å². The third-order valence-electron chi connectivity index (χ3n) is 2.29. The van der Waals surface area contributed by atoms with Crippen molar-refractivity contribution < 1.29 is 4.79 Å². The lowest BCUT2D eigenvalue weighted by Crippen LogP contribution is -1.93. The van der Waals surface area contributed by atoms with E-state index in [1.807, 2.05) is 25.1 Å². The van der Waals surface area contributed by atoms with E-state index in [4.69, 9.17) is 0 Å². The van der Waals surface area contributed by atoms with Crippen LogP contribution >= 0.6 is 27.7 Å². The number of nitrogens with zero attached hydrogens (tertiary/aromatic N) is 2. The topological polar surface area (TPSA) is 42.9 Å². The smallest absolute Gasteiger partial charge is 0.192 e. The summed E-state index contributed by atoms with van der Waals surface area (Å²) >= 11 is 4.87. The Balaban J connectivity index is 2.22. The van der Waals surface area contributed by atoms with Crippen molar-refractivity contribution in [3.63, 3.8) is 0 Å². The first kappa shape index (κ1) is 13.2. The Morgan fingerprint density at radius 3 is 2.50 bits per heavy atom. The number of carbonyl (C=O) groups is 1. The average Bonchev–Trinajstić information content (AvgIpc) is 2.32. The second-order valence-electron chi connectivity index (χ2n) is 3.84. The highest BCUT2D eigenvalue weighted by Gasteiger charge is 2.07. The fourth-order valence-corrected chi connectivity index (χ4v) is 2.93. The largest absolute Gasteiger partial charge is 0.294 e. The van der Waals surface area contributed by atoms with Crippen molar-refractivity contribution in [2.45, 2.75) is 23.9 Å². The molecule has 0 atom stereocenters. The SMILES string of the molecule is CC(=O)c1ccc(Sc2ncc(C)cn2)cc1Br. The summed E-state index contributed by atoms with van der Waals surface area (Å²) in [6, 6.07) is 5.61. The second kappa shape index (κ2) is 5.63. The quantitative estimate of drug-likeness (QED) is 0.635. The molecule has 0 N–H and O–H groups in total. The van der Waals surface area contributed by atoms with Gasteiger partial charge < -0.3 is 0 Å². The maximum atomic E-state index is 11.3. The van der Waals surface area contributed by atoms with Crippen LogP contribution in [0.4, 0.5) is 0 Å². The third kappa shape index (κ3) is 3.17. The third-order valence-corrected chi connectivity index (χ3v) is 3.83. The van der Waals surface area contributed by atoms with E-state index in [0.29, 0.717) is 10.7 Å². The monoisotopic (exact) mass is 322 g/mol. The lowest BCUT2D eigenvalue weighted by Gasteiger charge is -2.04. The normalized spacial score (nSPS) is 10.4. The lowest BCUT2D eigenvalue weighted by molar-refractivity contribution is 0.101. The molecule has 0 aliphatic carbocycles. The van der Waals surface area contributed by atoms with Crippen LogP contribution in [-0.4, -0.2) is 15.8 Å². The van der Waals surface area contributed by atoms with Crippen LogP contribution in [0.2, 0.25) is 0 Å². The summed E-state index contributed by atoms with van der Waals surface area (Å²) in [5.74, 6) is 0.0463. The predicted octanol–water partition coefficient (Wildman–Crippen LogP) is 3.90. The molecule has 2 rings (SSSR count). The van der Waals surface area contributed by atoms with E-state index in [-0.39, 0.29) is 5.78 Å². The van der Waals surface area contributed by atoms with E-state index >= 15 is 0 Å². The van der Waals surface area contributed by atoms with Gasteiger partial charge in [0.25, 0.3) is 0 Å². The molecule has 0 radical (unpaired) electrons. The zero-order valence-corrected chi connectivity index (χ0v) is 12.4. The van der Waals surface area contributed by atoms with Crippen molar-refractivity contribution in [3.8, 4) is 0 Å². The number of hydrogen-bond acceptors (Lipinski definition) is 4. The number of halogens is 1. The van der Waals surface area contributed by atoms with Gasteiger partial charge in [-0.2, -0.15) is 0 Å². The van der Waals surface area contributed by atoms with Crippen molar-refractivity contribution in [3.05, 3.63) is 46.2 Å². The van der Waals surface area contributed by atoms with Gasteiger partial charge in [0.1, 0.15) is 0 Å². The summed E-state index contributed by atoms with van der Waals surface area (Å²) in [6.45, 7) is 3.50. The van der Waals surface area contributed by atoms with Gasteiger partial charge in [0.15, 0.2) is 10.9 Å². The molecule has 1 heterocycles. The molecule has 0 aliphatic heterocycles. The average molecular weight is 323 g/mol. The molecule has 2 aromatic rings. The Hall–Kier alpha value is -1.20. The zero-order valence-electron chi connectivity index (χ0n) is 9.98. The van der Waals surface area contributed by atoms with Gasteiger partial charge in [0, 0.05) is 27.3 Å². The molecule has 0 bridgehead atoms. The number of aromatic nitrogens is 2. The van der Waals surface area contributed by atoms with E-state index in [1.54, 1.807) is 19.3 Å². The molecule has 0 saturated carbocycles. The minimum atomic E-state index is 0.0463. The minimum absolute atomic E-state index is 0.0463. The van der Waals surface area contributed by atoms with E-state index in [1.165, 1.54) is 11.8 Å². The van der Waals surface area contributed by atoms with Crippen LogP contribution in [0.25, 0.3) is 0 Å². The van der Waals surface area contributed by atoms with E-state index in [9.17, 15) is 4.79 Å². The van der Waals surface area contributed by atoms with Gasteiger partial charge >= 0.3 is 0 Å². The molecule has 1 aromatic carbocycles. The number of rotatable bonds is 3. The highest BCUT2D eigenvalue weighted by atomic mass is 79.9. The first-order chi connectivity index (χ1) is 8.56. The van der Waals surface area contributed by atoms with Crippen LogP contribution in [-0.2, 0) is 0 Å². The molecular weight excluding hydrogens is 312 g/mol. The zero-order chi connectivity index (χ0) is 13.1. The Labute approximate surface area is 118 Å². The summed E-state index contributed by atoms with van der Waals surface area (Å²) in [7, 11) is 0. The Kier molecular flexibility index (Phi) is 4.14. The fourth-order valence-electron chi connectivity index (χ4n) is 1.38. The van der Waals surface area contributed by atoms with Crippen molar-refractivity contribution in [2.24, 2.45) is 0 Å². The summed E-state index contributed by atoms with van der Waals surface area (Å²) < 4.78 is 0.798. The molecule has 18 heavy (non-hydrogen) atoms. The van der Waals surface area contributed by atoms with Crippen LogP contribution in [0.3, 0.4) is 0 Å². The Morgan fingerprint density at radius 1 is 1.28 bits per heavy atom. The van der Waals surface area contributed by atoms with E-state index < -0.39 is 0 Å². The molecule has 3 nitrogen and oxygen atoms in total. The first-order valence-electron chi connectivity index (χ1n) is 5.33. The van der Waals surface area contributed by atoms with E-state index in [2.05, 4.69) is 25.9 Å². The molecule has 0 amide bonds. The summed E-state index contributed by atoms with van der Waals surface area (Å²) in [6.07, 6.45) is 3.57. The van der Waals surface area contributed by atoms with Crippen molar-refractivity contribution in [2.75, 3.05) is 0 Å². The lowest BCUT2D eigenvalue weighted by atomic mass is 10.2. The minimum Gasteiger partial charge on any atom is -0.294 e. The van der Waals surface area contributed by atoms with Crippen LogP contribution in [0, 0.1) is 6.92 Å². The molecule has 5 heteroatoms. The molecular formula is C13H11BrN2OS. The summed E-state index contributed by atoms with van der Waals surface area (Å²) in [5.41, 5.74) is 1.72. The fraction of sp³-hybridized carbons (Fsp3) is 0.154. The van der Waals surface area contributed by atoms with Gasteiger partial charge in [-0.3, -0.25) is 4.79 Å². The number of ketones is 1. The standard InChI is InChI=1S/C13H11BrN2OS/c1-8-6-15-13(16-7-8)18-10-3-4-11(9(2)17)12(14)5-10/h3-7H,1-2H3. The first-order valence-corrected chi connectivity index (χ1v) is 6.94. The summed E-state index contributed by atoms with van der Waals surface area (Å²) in [4.78, 5) is 20.8. The van der Waals surface area contributed by atoms with Gasteiger partial charge in [-0.15, -0.1) is 0 Å². The number of benzene rings is 1. The van der Waals surface area contributed by atoms with Crippen LogP contribution in [0.1, 0.15) is 22.8 Å². The predicted molar refractivity (Wildman–Crippen MR) is 75.0 cm³/mol. The van der Waals surface area contributed by atoms with Crippen LogP contribution in [0.5, 0.6) is 0 Å². The number of Topliss-reactive ketones (excluding diaryl/α,β-unsaturated/α-hetero) is 1. The van der Waals surface area contributed by atoms with Gasteiger partial charge in [-0.05, 0) is 49.4 Å². The second-order valence-corrected chi connectivity index (χ2v) is 5.74. The molecule has 0 aliphatic rings. The van der Waals surface area contributed by atoms with Gasteiger partial charge in [0.05, 0.1) is 0 Å². The highest BCUT2D eigenvalue weighted by molar-refractivity contribution is 9.10. The van der Waals surface area contributed by atoms with Crippen molar-refractivity contribution >= 4 is 33.5 Å². The molecule has 1 aromatic heterocycles. The maximum absolute atomic E-state index is 11.3. The number of carbonyl (C=O) groups excluding carboxylic acids is 1. The molecule has 92 valence electrons. The van der Waals surface area contributed by atoms with Crippen molar-refractivity contribution in [1.29, 1.82) is 0 Å². The summed E-state index contributed by atoms with van der Waals surface area (Å²) in [5, 5.41) is 0.697.